The lowest BCUT2D eigenvalue weighted by molar-refractivity contribution is -0.131. The molecule has 1 atom stereocenters. The van der Waals surface area contributed by atoms with E-state index in [1.807, 2.05) is 6.07 Å². The zero-order chi connectivity index (χ0) is 17.1. The first-order valence-corrected chi connectivity index (χ1v) is 7.74. The molecule has 1 unspecified atom stereocenters. The fourth-order valence-electron chi connectivity index (χ4n) is 2.04. The highest BCUT2D eigenvalue weighted by molar-refractivity contribution is 5.79. The van der Waals surface area contributed by atoms with E-state index in [0.717, 1.165) is 12.0 Å². The largest absolute Gasteiger partial charge is 0.362 e. The summed E-state index contributed by atoms with van der Waals surface area (Å²) in [5.41, 5.74) is 6.52. The molecule has 1 rings (SSSR count). The number of hydrogen-bond donors (Lipinski definition) is 3. The summed E-state index contributed by atoms with van der Waals surface area (Å²) in [6.07, 6.45) is 4.16. The van der Waals surface area contributed by atoms with E-state index in [1.165, 1.54) is 0 Å². The van der Waals surface area contributed by atoms with Gasteiger partial charge in [-0.2, -0.15) is 0 Å². The maximum absolute atomic E-state index is 11.7. The van der Waals surface area contributed by atoms with Gasteiger partial charge in [0.05, 0.1) is 0 Å². The summed E-state index contributed by atoms with van der Waals surface area (Å²) in [6, 6.07) is 3.60. The van der Waals surface area contributed by atoms with Gasteiger partial charge in [-0.15, -0.1) is 0 Å². The van der Waals surface area contributed by atoms with Gasteiger partial charge < -0.3 is 21.1 Å². The van der Waals surface area contributed by atoms with Crippen molar-refractivity contribution in [2.75, 3.05) is 19.8 Å². The monoisotopic (exact) mass is 322 g/mol. The molecule has 0 saturated heterocycles. The number of nitrogens with zero attached hydrogens (tertiary/aromatic N) is 1. The van der Waals surface area contributed by atoms with Crippen LogP contribution >= 0.6 is 0 Å². The van der Waals surface area contributed by atoms with E-state index in [1.54, 1.807) is 18.5 Å². The van der Waals surface area contributed by atoms with Gasteiger partial charge in [-0.1, -0.05) is 19.9 Å². The Balaban J connectivity index is 2.17. The minimum atomic E-state index is -0.279. The van der Waals surface area contributed by atoms with Crippen molar-refractivity contribution in [3.63, 3.8) is 0 Å². The first kappa shape index (κ1) is 19.1. The van der Waals surface area contributed by atoms with Gasteiger partial charge in [0, 0.05) is 31.5 Å². The number of nitrogens with one attached hydrogen (secondary N) is 2. The summed E-state index contributed by atoms with van der Waals surface area (Å²) < 4.78 is 5.12. The van der Waals surface area contributed by atoms with Crippen LogP contribution in [0.25, 0.3) is 0 Å². The van der Waals surface area contributed by atoms with Crippen LogP contribution in [0.5, 0.6) is 0 Å². The Morgan fingerprint density at radius 1 is 1.30 bits per heavy atom. The van der Waals surface area contributed by atoms with Crippen LogP contribution in [0.3, 0.4) is 0 Å². The first-order valence-electron chi connectivity index (χ1n) is 7.74. The van der Waals surface area contributed by atoms with Crippen LogP contribution in [-0.2, 0) is 20.9 Å². The maximum Gasteiger partial charge on any atom is 0.246 e. The fraction of sp³-hybridized carbons (Fsp3) is 0.562. The van der Waals surface area contributed by atoms with E-state index in [4.69, 9.17) is 10.5 Å². The Morgan fingerprint density at radius 2 is 2.04 bits per heavy atom. The van der Waals surface area contributed by atoms with E-state index >= 15 is 0 Å². The molecule has 23 heavy (non-hydrogen) atoms. The molecule has 0 fully saturated rings. The van der Waals surface area contributed by atoms with Gasteiger partial charge in [-0.25, -0.2) is 0 Å². The van der Waals surface area contributed by atoms with Crippen molar-refractivity contribution in [1.29, 1.82) is 0 Å². The summed E-state index contributed by atoms with van der Waals surface area (Å²) in [4.78, 5) is 27.3. The predicted molar refractivity (Wildman–Crippen MR) is 87.3 cm³/mol. The third-order valence-corrected chi connectivity index (χ3v) is 3.08. The normalized spacial score (nSPS) is 12.0. The van der Waals surface area contributed by atoms with Crippen molar-refractivity contribution < 1.29 is 14.3 Å². The van der Waals surface area contributed by atoms with Crippen molar-refractivity contribution in [1.82, 2.24) is 15.6 Å². The van der Waals surface area contributed by atoms with E-state index in [2.05, 4.69) is 29.5 Å². The molecule has 4 N–H and O–H groups in total. The topological polar surface area (TPSA) is 106 Å². The molecule has 0 radical (unpaired) electrons. The minimum absolute atomic E-state index is 0.0643. The number of carbonyl (C=O) groups is 2. The molecule has 0 aromatic carbocycles. The Hall–Kier alpha value is -1.99. The van der Waals surface area contributed by atoms with E-state index in [0.29, 0.717) is 19.0 Å². The quantitative estimate of drug-likeness (QED) is 0.571. The second-order valence-electron chi connectivity index (χ2n) is 5.76. The Kier molecular flexibility index (Phi) is 8.86. The number of nitrogens with two attached hydrogens (primary N) is 1. The highest BCUT2D eigenvalue weighted by Crippen LogP contribution is 2.03. The van der Waals surface area contributed by atoms with Gasteiger partial charge in [-0.3, -0.25) is 14.6 Å². The summed E-state index contributed by atoms with van der Waals surface area (Å²) in [5, 5.41) is 5.50. The molecule has 128 valence electrons. The van der Waals surface area contributed by atoms with Gasteiger partial charge in [0.2, 0.25) is 11.8 Å². The molecule has 0 saturated carbocycles. The van der Waals surface area contributed by atoms with Gasteiger partial charge in [0.25, 0.3) is 0 Å². The summed E-state index contributed by atoms with van der Waals surface area (Å²) in [6.45, 7) is 4.58. The van der Waals surface area contributed by atoms with Crippen molar-refractivity contribution in [3.8, 4) is 0 Å². The predicted octanol–water partition coefficient (Wildman–Crippen LogP) is 0.204. The molecular formula is C16H26N4O3. The van der Waals surface area contributed by atoms with Crippen LogP contribution < -0.4 is 16.4 Å². The lowest BCUT2D eigenvalue weighted by Crippen LogP contribution is -2.43. The summed E-state index contributed by atoms with van der Waals surface area (Å²) in [5.74, 6) is -0.0941. The zero-order valence-corrected chi connectivity index (χ0v) is 13.7. The fourth-order valence-corrected chi connectivity index (χ4v) is 2.04. The molecule has 0 aliphatic heterocycles. The van der Waals surface area contributed by atoms with Gasteiger partial charge in [0.15, 0.2) is 0 Å². The van der Waals surface area contributed by atoms with Crippen LogP contribution in [0.4, 0.5) is 0 Å². The SMILES string of the molecule is CC(C)CC(CN)NC(=O)COCC(=O)NCc1cccnc1. The highest BCUT2D eigenvalue weighted by atomic mass is 16.5. The Bertz CT molecular complexity index is 479. The number of ether oxygens (including phenoxy) is 1. The van der Waals surface area contributed by atoms with Crippen molar-refractivity contribution >= 4 is 11.8 Å². The molecular weight excluding hydrogens is 296 g/mol. The lowest BCUT2D eigenvalue weighted by atomic mass is 10.0. The van der Waals surface area contributed by atoms with E-state index in [-0.39, 0.29) is 31.1 Å². The van der Waals surface area contributed by atoms with Gasteiger partial charge >= 0.3 is 0 Å². The van der Waals surface area contributed by atoms with Crippen molar-refractivity contribution in [3.05, 3.63) is 30.1 Å². The number of pyridine rings is 1. The average Bonchev–Trinajstić information content (AvgIpc) is 2.52. The second kappa shape index (κ2) is 10.7. The summed E-state index contributed by atoms with van der Waals surface area (Å²) in [7, 11) is 0. The van der Waals surface area contributed by atoms with Crippen LogP contribution in [0.2, 0.25) is 0 Å². The third-order valence-electron chi connectivity index (χ3n) is 3.08. The zero-order valence-electron chi connectivity index (χ0n) is 13.7. The molecule has 0 aliphatic rings. The molecule has 0 spiro atoms. The van der Waals surface area contributed by atoms with Crippen molar-refractivity contribution in [2.24, 2.45) is 11.7 Å². The van der Waals surface area contributed by atoms with E-state index < -0.39 is 0 Å². The Morgan fingerprint density at radius 3 is 2.65 bits per heavy atom. The molecule has 7 nitrogen and oxygen atoms in total. The first-order chi connectivity index (χ1) is 11.0. The maximum atomic E-state index is 11.7. The molecule has 2 amide bonds. The van der Waals surface area contributed by atoms with Crippen LogP contribution in [0.15, 0.2) is 24.5 Å². The Labute approximate surface area is 137 Å². The lowest BCUT2D eigenvalue weighted by Gasteiger charge is -2.18. The number of carbonyl (C=O) groups excluding carboxylic acids is 2. The van der Waals surface area contributed by atoms with Gasteiger partial charge in [-0.05, 0) is 24.0 Å². The molecule has 1 aromatic heterocycles. The van der Waals surface area contributed by atoms with E-state index in [9.17, 15) is 9.59 Å². The second-order valence-corrected chi connectivity index (χ2v) is 5.76. The third kappa shape index (κ3) is 8.90. The number of rotatable bonds is 10. The molecule has 1 heterocycles. The minimum Gasteiger partial charge on any atom is -0.362 e. The molecule has 0 aliphatic carbocycles. The molecule has 7 heteroatoms. The number of hydrogen-bond acceptors (Lipinski definition) is 5. The number of amides is 2. The standard InChI is InChI=1S/C16H26N4O3/c1-12(2)6-14(7-17)20-16(22)11-23-10-15(21)19-9-13-4-3-5-18-8-13/h3-5,8,12,14H,6-7,9-11,17H2,1-2H3,(H,19,21)(H,20,22). The van der Waals surface area contributed by atoms with Gasteiger partial charge in [0.1, 0.15) is 13.2 Å². The molecule has 0 bridgehead atoms. The van der Waals surface area contributed by atoms with Crippen LogP contribution in [0.1, 0.15) is 25.8 Å². The van der Waals surface area contributed by atoms with Crippen LogP contribution in [-0.4, -0.2) is 42.6 Å². The smallest absolute Gasteiger partial charge is 0.246 e. The average molecular weight is 322 g/mol. The van der Waals surface area contributed by atoms with Crippen molar-refractivity contribution in [2.45, 2.75) is 32.9 Å². The highest BCUT2D eigenvalue weighted by Gasteiger charge is 2.13. The van der Waals surface area contributed by atoms with Crippen LogP contribution in [0, 0.1) is 5.92 Å². The molecule has 1 aromatic rings. The number of aromatic nitrogens is 1. The summed E-state index contributed by atoms with van der Waals surface area (Å²) >= 11 is 0.